The van der Waals surface area contributed by atoms with Crippen molar-refractivity contribution >= 4 is 17.4 Å². The van der Waals surface area contributed by atoms with Gasteiger partial charge in [-0.1, -0.05) is 29.8 Å². The van der Waals surface area contributed by atoms with Crippen molar-refractivity contribution in [3.63, 3.8) is 0 Å². The van der Waals surface area contributed by atoms with Crippen LogP contribution in [0.1, 0.15) is 24.0 Å². The molecule has 3 heterocycles. The van der Waals surface area contributed by atoms with Crippen LogP contribution in [0.4, 0.5) is 0 Å². The molecule has 0 radical (unpaired) electrons. The van der Waals surface area contributed by atoms with Gasteiger partial charge in [0.15, 0.2) is 0 Å². The third kappa shape index (κ3) is 4.29. The molecule has 7 heteroatoms. The first-order valence-electron chi connectivity index (χ1n) is 10.9. The van der Waals surface area contributed by atoms with Crippen LogP contribution in [0.3, 0.4) is 0 Å². The summed E-state index contributed by atoms with van der Waals surface area (Å²) in [6.45, 7) is 7.53. The number of carbonyl (C=O) groups excluding carboxylic acids is 2. The lowest BCUT2D eigenvalue weighted by atomic mass is 9.96. The molecule has 0 saturated carbocycles. The Bertz CT molecular complexity index is 814. The third-order valence-corrected chi connectivity index (χ3v) is 6.32. The number of aliphatic hydroxyl groups is 1. The maximum atomic E-state index is 13.4. The first-order valence-corrected chi connectivity index (χ1v) is 10.9. The van der Waals surface area contributed by atoms with Crippen LogP contribution in [0.5, 0.6) is 0 Å². The normalized spacial score (nSPS) is 23.6. The fourth-order valence-electron chi connectivity index (χ4n) is 4.52. The summed E-state index contributed by atoms with van der Waals surface area (Å²) < 4.78 is 5.39. The summed E-state index contributed by atoms with van der Waals surface area (Å²) >= 11 is 0. The summed E-state index contributed by atoms with van der Waals surface area (Å²) in [5.41, 5.74) is 2.90. The van der Waals surface area contributed by atoms with Gasteiger partial charge in [0, 0.05) is 45.9 Å². The molecule has 4 rings (SSSR count). The number of ether oxygens (including phenoxy) is 1. The summed E-state index contributed by atoms with van der Waals surface area (Å²) in [6.07, 6.45) is 1.86. The summed E-state index contributed by atoms with van der Waals surface area (Å²) in [6, 6.07) is 7.80. The van der Waals surface area contributed by atoms with Crippen LogP contribution in [0.15, 0.2) is 30.0 Å². The fourth-order valence-corrected chi connectivity index (χ4v) is 4.52. The number of benzene rings is 1. The molecule has 1 unspecified atom stereocenters. The average Bonchev–Trinajstić information content (AvgIpc) is 3.03. The van der Waals surface area contributed by atoms with Gasteiger partial charge in [-0.2, -0.15) is 0 Å². The molecule has 0 aromatic heterocycles. The van der Waals surface area contributed by atoms with Crippen LogP contribution >= 0.6 is 0 Å². The third-order valence-electron chi connectivity index (χ3n) is 6.32. The van der Waals surface area contributed by atoms with E-state index in [1.807, 2.05) is 36.1 Å². The molecular formula is C23H31N3O4. The second-order valence-corrected chi connectivity index (χ2v) is 8.44. The van der Waals surface area contributed by atoms with E-state index < -0.39 is 0 Å². The van der Waals surface area contributed by atoms with Crippen molar-refractivity contribution in [3.8, 4) is 0 Å². The highest BCUT2D eigenvalue weighted by Gasteiger charge is 2.42. The zero-order valence-electron chi connectivity index (χ0n) is 17.7. The lowest BCUT2D eigenvalue weighted by Crippen LogP contribution is -2.45. The number of hydrogen-bond donors (Lipinski definition) is 1. The molecule has 2 amide bonds. The molecular weight excluding hydrogens is 382 g/mol. The highest BCUT2D eigenvalue weighted by atomic mass is 16.5. The van der Waals surface area contributed by atoms with Gasteiger partial charge in [0.25, 0.3) is 11.8 Å². The Balaban J connectivity index is 1.61. The molecule has 1 N–H and O–H groups in total. The number of carbonyl (C=O) groups is 2. The van der Waals surface area contributed by atoms with Crippen molar-refractivity contribution in [2.45, 2.75) is 19.8 Å². The average molecular weight is 414 g/mol. The van der Waals surface area contributed by atoms with Crippen LogP contribution in [0.2, 0.25) is 0 Å². The molecule has 3 aliphatic rings. The van der Waals surface area contributed by atoms with Gasteiger partial charge in [-0.3, -0.25) is 19.4 Å². The highest BCUT2D eigenvalue weighted by Crippen LogP contribution is 2.34. The Hall–Kier alpha value is -2.22. The smallest absolute Gasteiger partial charge is 0.277 e. The molecule has 2 fully saturated rings. The van der Waals surface area contributed by atoms with E-state index in [-0.39, 0.29) is 24.3 Å². The van der Waals surface area contributed by atoms with Crippen molar-refractivity contribution in [1.82, 2.24) is 14.7 Å². The number of aliphatic hydroxyl groups excluding tert-OH is 1. The van der Waals surface area contributed by atoms with E-state index in [0.29, 0.717) is 44.1 Å². The van der Waals surface area contributed by atoms with Gasteiger partial charge in [-0.25, -0.2) is 0 Å². The predicted octanol–water partition coefficient (Wildman–Crippen LogP) is 1.11. The van der Waals surface area contributed by atoms with Crippen molar-refractivity contribution in [1.29, 1.82) is 0 Å². The predicted molar refractivity (Wildman–Crippen MR) is 113 cm³/mol. The Morgan fingerprint density at radius 2 is 1.77 bits per heavy atom. The van der Waals surface area contributed by atoms with Crippen molar-refractivity contribution in [2.75, 3.05) is 59.1 Å². The second kappa shape index (κ2) is 9.29. The largest absolute Gasteiger partial charge is 0.396 e. The summed E-state index contributed by atoms with van der Waals surface area (Å²) in [4.78, 5) is 32.5. The maximum Gasteiger partial charge on any atom is 0.277 e. The van der Waals surface area contributed by atoms with E-state index >= 15 is 0 Å². The number of hydrogen-bond acceptors (Lipinski definition) is 6. The van der Waals surface area contributed by atoms with Crippen molar-refractivity contribution in [2.24, 2.45) is 5.92 Å². The Morgan fingerprint density at radius 3 is 2.47 bits per heavy atom. The van der Waals surface area contributed by atoms with Crippen LogP contribution in [-0.4, -0.2) is 90.7 Å². The number of aryl methyl sites for hydroxylation is 1. The molecule has 2 saturated heterocycles. The van der Waals surface area contributed by atoms with Crippen LogP contribution in [0, 0.1) is 12.8 Å². The molecule has 0 spiro atoms. The quantitative estimate of drug-likeness (QED) is 0.705. The molecule has 1 aromatic carbocycles. The minimum Gasteiger partial charge on any atom is -0.396 e. The monoisotopic (exact) mass is 413 g/mol. The molecule has 1 atom stereocenters. The number of piperidine rings is 1. The molecule has 7 nitrogen and oxygen atoms in total. The molecule has 0 bridgehead atoms. The standard InChI is InChI=1S/C23H31N3O4/c1-17-4-6-19(7-5-17)20-21(25-8-2-3-18(15-25)16-27)23(29)26(22(20)28)10-9-24-11-13-30-14-12-24/h4-7,18,27H,2-3,8-16H2,1H3. The van der Waals surface area contributed by atoms with E-state index in [1.165, 1.54) is 4.90 Å². The lowest BCUT2D eigenvalue weighted by molar-refractivity contribution is -0.138. The number of imide groups is 1. The van der Waals surface area contributed by atoms with Gasteiger partial charge in [0.2, 0.25) is 0 Å². The number of morpholine rings is 1. The van der Waals surface area contributed by atoms with Gasteiger partial charge >= 0.3 is 0 Å². The van der Waals surface area contributed by atoms with Gasteiger partial charge in [0.05, 0.1) is 18.8 Å². The number of rotatable bonds is 6. The minimum absolute atomic E-state index is 0.104. The highest BCUT2D eigenvalue weighted by molar-refractivity contribution is 6.35. The maximum absolute atomic E-state index is 13.4. The van der Waals surface area contributed by atoms with Gasteiger partial charge in [-0.05, 0) is 31.2 Å². The number of likely N-dealkylation sites (tertiary alicyclic amines) is 1. The Morgan fingerprint density at radius 1 is 1.03 bits per heavy atom. The molecule has 1 aromatic rings. The first kappa shape index (κ1) is 21.0. The van der Waals surface area contributed by atoms with Gasteiger partial charge < -0.3 is 14.7 Å². The summed E-state index contributed by atoms with van der Waals surface area (Å²) in [7, 11) is 0. The Labute approximate surface area is 177 Å². The first-order chi connectivity index (χ1) is 14.6. The molecule has 30 heavy (non-hydrogen) atoms. The number of amides is 2. The zero-order chi connectivity index (χ0) is 21.1. The Kier molecular flexibility index (Phi) is 6.51. The van der Waals surface area contributed by atoms with Crippen molar-refractivity contribution in [3.05, 3.63) is 41.1 Å². The van der Waals surface area contributed by atoms with E-state index in [4.69, 9.17) is 4.74 Å². The van der Waals surface area contributed by atoms with Crippen LogP contribution in [-0.2, 0) is 14.3 Å². The summed E-state index contributed by atoms with van der Waals surface area (Å²) in [5, 5.41) is 9.64. The molecule has 162 valence electrons. The van der Waals surface area contributed by atoms with E-state index in [2.05, 4.69) is 4.90 Å². The summed E-state index contributed by atoms with van der Waals surface area (Å²) in [5.74, 6) is -0.281. The van der Waals surface area contributed by atoms with E-state index in [1.54, 1.807) is 0 Å². The minimum atomic E-state index is -0.210. The van der Waals surface area contributed by atoms with Gasteiger partial charge in [0.1, 0.15) is 5.70 Å². The molecule has 0 aliphatic carbocycles. The second-order valence-electron chi connectivity index (χ2n) is 8.44. The fraction of sp³-hybridized carbons (Fsp3) is 0.565. The zero-order valence-corrected chi connectivity index (χ0v) is 17.7. The van der Waals surface area contributed by atoms with Gasteiger partial charge in [-0.15, -0.1) is 0 Å². The van der Waals surface area contributed by atoms with Crippen molar-refractivity contribution < 1.29 is 19.4 Å². The van der Waals surface area contributed by atoms with Crippen LogP contribution in [0.25, 0.3) is 5.57 Å². The molecule has 3 aliphatic heterocycles. The topological polar surface area (TPSA) is 73.3 Å². The lowest BCUT2D eigenvalue weighted by Gasteiger charge is -2.34. The SMILES string of the molecule is Cc1ccc(C2=C(N3CCCC(CO)C3)C(=O)N(CCN3CCOCC3)C2=O)cc1. The number of nitrogens with zero attached hydrogens (tertiary/aromatic N) is 3. The van der Waals surface area contributed by atoms with E-state index in [0.717, 1.165) is 43.6 Å². The van der Waals surface area contributed by atoms with Crippen LogP contribution < -0.4 is 0 Å². The van der Waals surface area contributed by atoms with E-state index in [9.17, 15) is 14.7 Å².